The Hall–Kier alpha value is -2.04. The predicted molar refractivity (Wildman–Crippen MR) is 73.5 cm³/mol. The van der Waals surface area contributed by atoms with Crippen LogP contribution in [0.4, 0.5) is 0 Å². The minimum Gasteiger partial charge on any atom is -0.493 e. The minimum absolute atomic E-state index is 0.283. The van der Waals surface area contributed by atoms with E-state index in [2.05, 4.69) is 5.16 Å². The molecular formula is C14H20N2O3. The second kappa shape index (κ2) is 7.41. The number of ether oxygens (including phenoxy) is 1. The Balaban J connectivity index is 2.45. The number of nitrogens with two attached hydrogens (primary N) is 1. The van der Waals surface area contributed by atoms with Crippen LogP contribution in [0, 0.1) is 5.92 Å². The molecule has 0 radical (unpaired) electrons. The quantitative estimate of drug-likeness (QED) is 0.448. The molecule has 1 unspecified atom stereocenters. The first kappa shape index (κ1) is 15.0. The summed E-state index contributed by atoms with van der Waals surface area (Å²) in [7, 11) is 0. The Labute approximate surface area is 113 Å². The van der Waals surface area contributed by atoms with E-state index in [1.54, 1.807) is 13.8 Å². The van der Waals surface area contributed by atoms with Crippen LogP contribution in [0.15, 0.2) is 29.4 Å². The van der Waals surface area contributed by atoms with Crippen molar-refractivity contribution < 1.29 is 14.7 Å². The molecule has 0 heterocycles. The molecule has 104 valence electrons. The number of oxime groups is 1. The van der Waals surface area contributed by atoms with Crippen molar-refractivity contribution in [2.24, 2.45) is 16.8 Å². The molecule has 1 rings (SSSR count). The smallest absolute Gasteiger partial charge is 0.223 e. The van der Waals surface area contributed by atoms with Crippen molar-refractivity contribution in [2.45, 2.75) is 26.7 Å². The van der Waals surface area contributed by atoms with Gasteiger partial charge in [0.25, 0.3) is 0 Å². The zero-order valence-electron chi connectivity index (χ0n) is 11.3. The lowest BCUT2D eigenvalue weighted by Gasteiger charge is -2.10. The summed E-state index contributed by atoms with van der Waals surface area (Å²) in [6.45, 7) is 3.79. The molecule has 0 spiro atoms. The molecule has 0 aromatic heterocycles. The van der Waals surface area contributed by atoms with Crippen molar-refractivity contribution in [1.82, 2.24) is 0 Å². The molecule has 0 aliphatic rings. The highest BCUT2D eigenvalue weighted by Gasteiger charge is 2.09. The van der Waals surface area contributed by atoms with E-state index in [1.165, 1.54) is 0 Å². The molecule has 0 fully saturated rings. The summed E-state index contributed by atoms with van der Waals surface area (Å²) < 4.78 is 5.47. The number of rotatable bonds is 7. The molecule has 0 saturated heterocycles. The minimum atomic E-state index is -0.365. The van der Waals surface area contributed by atoms with Crippen molar-refractivity contribution in [3.05, 3.63) is 29.8 Å². The number of hydrogen-bond donors (Lipinski definition) is 2. The summed E-state index contributed by atoms with van der Waals surface area (Å²) in [6, 6.07) is 7.62. The fourth-order valence-electron chi connectivity index (χ4n) is 1.43. The van der Waals surface area contributed by atoms with Gasteiger partial charge in [-0.05, 0) is 37.5 Å². The zero-order chi connectivity index (χ0) is 14.3. The van der Waals surface area contributed by atoms with Crippen molar-refractivity contribution in [3.8, 4) is 5.75 Å². The first-order chi connectivity index (χ1) is 9.02. The van der Waals surface area contributed by atoms with E-state index in [9.17, 15) is 4.79 Å². The Bertz CT molecular complexity index is 441. The third-order valence-corrected chi connectivity index (χ3v) is 2.86. The molecule has 0 saturated carbocycles. The number of hydrogen-bond acceptors (Lipinski definition) is 4. The predicted octanol–water partition coefficient (Wildman–Crippen LogP) is 1.97. The van der Waals surface area contributed by atoms with Gasteiger partial charge in [-0.1, -0.05) is 24.2 Å². The Morgan fingerprint density at radius 2 is 2.05 bits per heavy atom. The molecule has 1 atom stereocenters. The van der Waals surface area contributed by atoms with Crippen molar-refractivity contribution in [2.75, 3.05) is 6.61 Å². The first-order valence-electron chi connectivity index (χ1n) is 6.21. The monoisotopic (exact) mass is 264 g/mol. The maximum absolute atomic E-state index is 10.9. The van der Waals surface area contributed by atoms with Gasteiger partial charge < -0.3 is 15.7 Å². The van der Waals surface area contributed by atoms with Crippen molar-refractivity contribution in [1.29, 1.82) is 0 Å². The second-order valence-electron chi connectivity index (χ2n) is 4.59. The Kier molecular flexibility index (Phi) is 5.85. The number of nitrogens with zero attached hydrogens (tertiary/aromatic N) is 1. The van der Waals surface area contributed by atoms with Crippen LogP contribution >= 0.6 is 0 Å². The topological polar surface area (TPSA) is 84.9 Å². The SMILES string of the molecule is C/C(CCc1ccc(OCC(C)C(N)=O)cc1)=N\O. The van der Waals surface area contributed by atoms with Crippen LogP contribution in [0.3, 0.4) is 0 Å². The molecule has 0 bridgehead atoms. The molecular weight excluding hydrogens is 244 g/mol. The number of aryl methyl sites for hydroxylation is 1. The summed E-state index contributed by atoms with van der Waals surface area (Å²) in [6.07, 6.45) is 1.53. The van der Waals surface area contributed by atoms with Crippen LogP contribution in [-0.2, 0) is 11.2 Å². The highest BCUT2D eigenvalue weighted by Crippen LogP contribution is 2.14. The highest BCUT2D eigenvalue weighted by atomic mass is 16.5. The van der Waals surface area contributed by atoms with Gasteiger partial charge in [0.15, 0.2) is 0 Å². The average Bonchev–Trinajstić information content (AvgIpc) is 2.42. The second-order valence-corrected chi connectivity index (χ2v) is 4.59. The van der Waals surface area contributed by atoms with E-state index in [1.807, 2.05) is 24.3 Å². The van der Waals surface area contributed by atoms with Gasteiger partial charge in [0.1, 0.15) is 5.75 Å². The highest BCUT2D eigenvalue weighted by molar-refractivity contribution is 5.81. The Morgan fingerprint density at radius 1 is 1.42 bits per heavy atom. The van der Waals surface area contributed by atoms with Crippen LogP contribution in [0.2, 0.25) is 0 Å². The van der Waals surface area contributed by atoms with Crippen LogP contribution < -0.4 is 10.5 Å². The van der Waals surface area contributed by atoms with E-state index in [0.717, 1.165) is 18.4 Å². The van der Waals surface area contributed by atoms with E-state index in [0.29, 0.717) is 11.5 Å². The molecule has 1 aromatic carbocycles. The number of carbonyl (C=O) groups is 1. The number of benzene rings is 1. The zero-order valence-corrected chi connectivity index (χ0v) is 11.3. The van der Waals surface area contributed by atoms with E-state index in [4.69, 9.17) is 15.7 Å². The summed E-state index contributed by atoms with van der Waals surface area (Å²) in [5.74, 6) is 0.0443. The number of amides is 1. The van der Waals surface area contributed by atoms with Crippen LogP contribution in [0.25, 0.3) is 0 Å². The van der Waals surface area contributed by atoms with Gasteiger partial charge in [0.05, 0.1) is 18.2 Å². The summed E-state index contributed by atoms with van der Waals surface area (Å²) in [4.78, 5) is 10.9. The standard InChI is InChI=1S/C14H20N2O3/c1-10(14(15)17)9-19-13-7-5-12(6-8-13)4-3-11(2)16-18/h5-8,10,18H,3-4,9H2,1-2H3,(H2,15,17)/b16-11+. The van der Waals surface area contributed by atoms with E-state index in [-0.39, 0.29) is 18.4 Å². The van der Waals surface area contributed by atoms with Crippen LogP contribution in [0.5, 0.6) is 5.75 Å². The lowest BCUT2D eigenvalue weighted by Crippen LogP contribution is -2.25. The molecule has 0 aliphatic heterocycles. The maximum atomic E-state index is 10.9. The largest absolute Gasteiger partial charge is 0.493 e. The van der Waals surface area contributed by atoms with Crippen LogP contribution in [0.1, 0.15) is 25.8 Å². The molecule has 1 amide bonds. The van der Waals surface area contributed by atoms with Gasteiger partial charge in [-0.3, -0.25) is 4.79 Å². The number of carbonyl (C=O) groups excluding carboxylic acids is 1. The van der Waals surface area contributed by atoms with Crippen molar-refractivity contribution in [3.63, 3.8) is 0 Å². The summed E-state index contributed by atoms with van der Waals surface area (Å²) >= 11 is 0. The molecule has 1 aromatic rings. The first-order valence-corrected chi connectivity index (χ1v) is 6.21. The van der Waals surface area contributed by atoms with Gasteiger partial charge in [-0.2, -0.15) is 0 Å². The lowest BCUT2D eigenvalue weighted by atomic mass is 10.1. The normalized spacial score (nSPS) is 13.1. The van der Waals surface area contributed by atoms with Gasteiger partial charge in [-0.25, -0.2) is 0 Å². The summed E-state index contributed by atoms with van der Waals surface area (Å²) in [5, 5.41) is 11.7. The summed E-state index contributed by atoms with van der Waals surface area (Å²) in [5.41, 5.74) is 7.00. The van der Waals surface area contributed by atoms with Gasteiger partial charge in [0.2, 0.25) is 5.91 Å². The lowest BCUT2D eigenvalue weighted by molar-refractivity contribution is -0.122. The molecule has 5 heteroatoms. The maximum Gasteiger partial charge on any atom is 0.223 e. The Morgan fingerprint density at radius 3 is 2.58 bits per heavy atom. The third kappa shape index (κ3) is 5.42. The molecule has 19 heavy (non-hydrogen) atoms. The average molecular weight is 264 g/mol. The fraction of sp³-hybridized carbons (Fsp3) is 0.429. The van der Waals surface area contributed by atoms with Crippen molar-refractivity contribution >= 4 is 11.6 Å². The molecule has 3 N–H and O–H groups in total. The van der Waals surface area contributed by atoms with E-state index >= 15 is 0 Å². The molecule has 0 aliphatic carbocycles. The number of primary amides is 1. The van der Waals surface area contributed by atoms with Crippen LogP contribution in [-0.4, -0.2) is 23.4 Å². The third-order valence-electron chi connectivity index (χ3n) is 2.86. The van der Waals surface area contributed by atoms with Gasteiger partial charge in [0, 0.05) is 0 Å². The molecule has 5 nitrogen and oxygen atoms in total. The van der Waals surface area contributed by atoms with Gasteiger partial charge >= 0.3 is 0 Å². The van der Waals surface area contributed by atoms with Gasteiger partial charge in [-0.15, -0.1) is 0 Å². The fourth-order valence-corrected chi connectivity index (χ4v) is 1.43. The van der Waals surface area contributed by atoms with E-state index < -0.39 is 0 Å².